The van der Waals surface area contributed by atoms with Gasteiger partial charge in [0.25, 0.3) is 0 Å². The molecule has 0 aromatic heterocycles. The number of carbonyl (C=O) groups excluding carboxylic acids is 2. The van der Waals surface area contributed by atoms with E-state index in [1.807, 2.05) is 6.92 Å². The van der Waals surface area contributed by atoms with E-state index in [1.54, 1.807) is 5.48 Å². The summed E-state index contributed by atoms with van der Waals surface area (Å²) in [6.07, 6.45) is 0.332. The second kappa shape index (κ2) is 9.40. The molecule has 17 heavy (non-hydrogen) atoms. The number of carboxylic acid groups (broad SMARTS) is 1. The van der Waals surface area contributed by atoms with Crippen molar-refractivity contribution in [2.75, 3.05) is 6.54 Å². The molecule has 0 saturated carbocycles. The standard InChI is InChI=1S/C9H16N2O6/c1-2-3-6-10-9(15)16-17-11-7(12)4-5-8(13)14/h2-6H2,1H3,(H,10,15)(H,11,12)(H,13,14). The number of hydroxylamine groups is 1. The fraction of sp³-hybridized carbons (Fsp3) is 0.667. The molecule has 8 heteroatoms. The summed E-state index contributed by atoms with van der Waals surface area (Å²) in [5.74, 6) is -1.79. The van der Waals surface area contributed by atoms with E-state index in [-0.39, 0.29) is 12.8 Å². The van der Waals surface area contributed by atoms with Crippen molar-refractivity contribution < 1.29 is 29.4 Å². The van der Waals surface area contributed by atoms with E-state index in [1.165, 1.54) is 0 Å². The lowest BCUT2D eigenvalue weighted by molar-refractivity contribution is -0.279. The fourth-order valence-electron chi connectivity index (χ4n) is 0.773. The second-order valence-corrected chi connectivity index (χ2v) is 3.15. The van der Waals surface area contributed by atoms with Crippen molar-refractivity contribution in [3.8, 4) is 0 Å². The predicted molar refractivity (Wildman–Crippen MR) is 55.5 cm³/mol. The molecule has 0 bridgehead atoms. The quantitative estimate of drug-likeness (QED) is 0.324. The van der Waals surface area contributed by atoms with Crippen molar-refractivity contribution >= 4 is 18.0 Å². The SMILES string of the molecule is CCCCNC(=O)OONC(=O)CCC(=O)O. The third-order valence-corrected chi connectivity index (χ3v) is 1.64. The molecule has 98 valence electrons. The van der Waals surface area contributed by atoms with Crippen molar-refractivity contribution in [1.82, 2.24) is 10.8 Å². The summed E-state index contributed by atoms with van der Waals surface area (Å²) in [6.45, 7) is 2.41. The van der Waals surface area contributed by atoms with Gasteiger partial charge in [-0.2, -0.15) is 5.48 Å². The number of nitrogens with one attached hydrogen (secondary N) is 2. The lowest BCUT2D eigenvalue weighted by Gasteiger charge is -2.04. The first-order valence-electron chi connectivity index (χ1n) is 5.18. The predicted octanol–water partition coefficient (Wildman–Crippen LogP) is 0.340. The Bertz CT molecular complexity index is 268. The smallest absolute Gasteiger partial charge is 0.441 e. The molecule has 0 aliphatic rings. The normalized spacial score (nSPS) is 9.47. The molecule has 2 amide bonds. The van der Waals surface area contributed by atoms with E-state index in [9.17, 15) is 14.4 Å². The van der Waals surface area contributed by atoms with Gasteiger partial charge in [-0.3, -0.25) is 14.5 Å². The van der Waals surface area contributed by atoms with E-state index >= 15 is 0 Å². The third kappa shape index (κ3) is 10.5. The van der Waals surface area contributed by atoms with Crippen LogP contribution < -0.4 is 10.8 Å². The molecule has 0 aromatic rings. The van der Waals surface area contributed by atoms with Crippen molar-refractivity contribution in [1.29, 1.82) is 0 Å². The summed E-state index contributed by atoms with van der Waals surface area (Å²) in [6, 6.07) is 0. The first kappa shape index (κ1) is 15.2. The van der Waals surface area contributed by atoms with Gasteiger partial charge in [0.05, 0.1) is 6.42 Å². The summed E-state index contributed by atoms with van der Waals surface area (Å²) in [5, 5.41) is 10.7. The van der Waals surface area contributed by atoms with Crippen LogP contribution in [0.5, 0.6) is 0 Å². The Kier molecular flexibility index (Phi) is 8.39. The van der Waals surface area contributed by atoms with Crippen LogP contribution in [0.1, 0.15) is 32.6 Å². The number of unbranched alkanes of at least 4 members (excludes halogenated alkanes) is 1. The molecule has 8 nitrogen and oxygen atoms in total. The lowest BCUT2D eigenvalue weighted by Crippen LogP contribution is -2.30. The zero-order chi connectivity index (χ0) is 13.1. The molecule has 0 aliphatic carbocycles. The van der Waals surface area contributed by atoms with Crippen LogP contribution in [-0.4, -0.2) is 29.6 Å². The Morgan fingerprint density at radius 2 is 1.94 bits per heavy atom. The molecular formula is C9H16N2O6. The number of hydrogen-bond donors (Lipinski definition) is 3. The van der Waals surface area contributed by atoms with Gasteiger partial charge in [0, 0.05) is 13.0 Å². The molecule has 0 saturated heterocycles. The van der Waals surface area contributed by atoms with Crippen LogP contribution in [0.3, 0.4) is 0 Å². The maximum atomic E-state index is 10.9. The first-order chi connectivity index (χ1) is 8.06. The van der Waals surface area contributed by atoms with Crippen LogP contribution >= 0.6 is 0 Å². The van der Waals surface area contributed by atoms with Crippen molar-refractivity contribution in [2.24, 2.45) is 0 Å². The fourth-order valence-corrected chi connectivity index (χ4v) is 0.773. The van der Waals surface area contributed by atoms with Crippen LogP contribution in [0.15, 0.2) is 0 Å². The molecule has 0 aromatic carbocycles. The number of rotatable bonds is 8. The Labute approximate surface area is 98.1 Å². The average Bonchev–Trinajstić information content (AvgIpc) is 2.27. The Morgan fingerprint density at radius 1 is 1.24 bits per heavy atom. The number of aliphatic carboxylic acids is 1. The zero-order valence-corrected chi connectivity index (χ0v) is 9.52. The highest BCUT2D eigenvalue weighted by Crippen LogP contribution is 1.89. The zero-order valence-electron chi connectivity index (χ0n) is 9.52. The molecule has 0 aliphatic heterocycles. The molecule has 0 spiro atoms. The van der Waals surface area contributed by atoms with Crippen LogP contribution in [0.2, 0.25) is 0 Å². The highest BCUT2D eigenvalue weighted by molar-refractivity contribution is 5.79. The van der Waals surface area contributed by atoms with Crippen molar-refractivity contribution in [3.63, 3.8) is 0 Å². The van der Waals surface area contributed by atoms with E-state index in [0.717, 1.165) is 12.8 Å². The van der Waals surface area contributed by atoms with Crippen LogP contribution in [0, 0.1) is 0 Å². The van der Waals surface area contributed by atoms with Gasteiger partial charge in [-0.05, 0) is 6.42 Å². The highest BCUT2D eigenvalue weighted by Gasteiger charge is 2.07. The summed E-state index contributed by atoms with van der Waals surface area (Å²) < 4.78 is 0. The Balaban J connectivity index is 3.45. The first-order valence-corrected chi connectivity index (χ1v) is 5.18. The molecule has 3 N–H and O–H groups in total. The number of carboxylic acids is 1. The summed E-state index contributed by atoms with van der Waals surface area (Å²) in [5.41, 5.74) is 1.77. The summed E-state index contributed by atoms with van der Waals surface area (Å²) in [7, 11) is 0. The van der Waals surface area contributed by atoms with Crippen molar-refractivity contribution in [3.05, 3.63) is 0 Å². The van der Waals surface area contributed by atoms with Gasteiger partial charge in [-0.1, -0.05) is 18.3 Å². The lowest BCUT2D eigenvalue weighted by atomic mass is 10.3. The van der Waals surface area contributed by atoms with Gasteiger partial charge >= 0.3 is 12.1 Å². The maximum Gasteiger partial charge on any atom is 0.441 e. The third-order valence-electron chi connectivity index (χ3n) is 1.64. The number of hydrogen-bond acceptors (Lipinski definition) is 5. The van der Waals surface area contributed by atoms with Gasteiger partial charge in [-0.15, -0.1) is 0 Å². The van der Waals surface area contributed by atoms with Crippen LogP contribution in [-0.2, 0) is 19.5 Å². The number of carbonyl (C=O) groups is 3. The van der Waals surface area contributed by atoms with Gasteiger partial charge in [0.2, 0.25) is 5.91 Å². The van der Waals surface area contributed by atoms with E-state index in [0.29, 0.717) is 6.54 Å². The maximum absolute atomic E-state index is 10.9. The molecule has 0 radical (unpaired) electrons. The average molecular weight is 248 g/mol. The van der Waals surface area contributed by atoms with Gasteiger partial charge in [0.1, 0.15) is 0 Å². The van der Waals surface area contributed by atoms with Gasteiger partial charge in [0.15, 0.2) is 0 Å². The number of amides is 2. The van der Waals surface area contributed by atoms with Gasteiger partial charge < -0.3 is 10.4 Å². The topological polar surface area (TPSA) is 114 Å². The van der Waals surface area contributed by atoms with E-state index < -0.39 is 18.0 Å². The highest BCUT2D eigenvalue weighted by atomic mass is 17.3. The Hall–Kier alpha value is -1.83. The van der Waals surface area contributed by atoms with E-state index in [4.69, 9.17) is 5.11 Å². The van der Waals surface area contributed by atoms with Crippen LogP contribution in [0.25, 0.3) is 0 Å². The van der Waals surface area contributed by atoms with E-state index in [2.05, 4.69) is 15.2 Å². The molecule has 0 heterocycles. The monoisotopic (exact) mass is 248 g/mol. The summed E-state index contributed by atoms with van der Waals surface area (Å²) in [4.78, 5) is 40.1. The summed E-state index contributed by atoms with van der Waals surface area (Å²) >= 11 is 0. The minimum absolute atomic E-state index is 0.254. The molecule has 0 rings (SSSR count). The second-order valence-electron chi connectivity index (χ2n) is 3.15. The molecular weight excluding hydrogens is 232 g/mol. The van der Waals surface area contributed by atoms with Gasteiger partial charge in [-0.25, -0.2) is 4.79 Å². The molecule has 0 fully saturated rings. The minimum Gasteiger partial charge on any atom is -0.481 e. The molecule has 0 atom stereocenters. The van der Waals surface area contributed by atoms with Crippen molar-refractivity contribution in [2.45, 2.75) is 32.6 Å². The largest absolute Gasteiger partial charge is 0.481 e. The minimum atomic E-state index is -1.10. The molecule has 0 unspecified atom stereocenters. The Morgan fingerprint density at radius 3 is 2.53 bits per heavy atom. The van der Waals surface area contributed by atoms with Crippen LogP contribution in [0.4, 0.5) is 4.79 Å².